The Balaban J connectivity index is 1.15. The van der Waals surface area contributed by atoms with Crippen LogP contribution in [0.15, 0.2) is 54.7 Å². The second kappa shape index (κ2) is 7.38. The Labute approximate surface area is 145 Å². The van der Waals surface area contributed by atoms with Gasteiger partial charge in [-0.25, -0.2) is 4.98 Å². The molecule has 2 aromatic rings. The fraction of sp³-hybridized carbons (Fsp3) is 0.500. The highest BCUT2D eigenvalue weighted by molar-refractivity contribution is 5.37. The van der Waals surface area contributed by atoms with Crippen molar-refractivity contribution in [2.75, 3.05) is 18.0 Å². The van der Waals surface area contributed by atoms with Crippen LogP contribution in [-0.2, 0) is 0 Å². The summed E-state index contributed by atoms with van der Waals surface area (Å²) in [5, 5.41) is 0. The summed E-state index contributed by atoms with van der Waals surface area (Å²) in [6.07, 6.45) is 10.3. The van der Waals surface area contributed by atoms with E-state index in [1.165, 1.54) is 51.6 Å². The van der Waals surface area contributed by atoms with Crippen molar-refractivity contribution in [3.8, 4) is 0 Å². The van der Waals surface area contributed by atoms with Gasteiger partial charge in [0.15, 0.2) is 0 Å². The molecule has 0 bridgehead atoms. The van der Waals surface area contributed by atoms with Gasteiger partial charge >= 0.3 is 0 Å². The molecule has 1 saturated carbocycles. The lowest BCUT2D eigenvalue weighted by atomic mass is 9.91. The van der Waals surface area contributed by atoms with Gasteiger partial charge in [0.2, 0.25) is 0 Å². The van der Waals surface area contributed by atoms with Crippen LogP contribution in [0.4, 0.5) is 5.82 Å². The number of hydrogen-bond donors (Lipinski definition) is 0. The predicted octanol–water partition coefficient (Wildman–Crippen LogP) is 5.27. The van der Waals surface area contributed by atoms with E-state index in [9.17, 15) is 0 Å². The number of pyridine rings is 1. The van der Waals surface area contributed by atoms with E-state index >= 15 is 0 Å². The Kier molecular flexibility index (Phi) is 4.82. The molecule has 1 aromatic carbocycles. The second-order valence-electron chi connectivity index (χ2n) is 7.56. The van der Waals surface area contributed by atoms with Crippen LogP contribution in [0.2, 0.25) is 0 Å². The van der Waals surface area contributed by atoms with Gasteiger partial charge in [0.05, 0.1) is 0 Å². The van der Waals surface area contributed by atoms with Crippen LogP contribution in [0, 0.1) is 11.8 Å². The fourth-order valence-corrected chi connectivity index (χ4v) is 4.34. The van der Waals surface area contributed by atoms with Crippen LogP contribution >= 0.6 is 0 Å². The molecule has 0 radical (unpaired) electrons. The maximum atomic E-state index is 4.48. The van der Waals surface area contributed by atoms with Gasteiger partial charge in [0.25, 0.3) is 0 Å². The normalized spacial score (nSPS) is 24.1. The molecule has 2 aliphatic rings. The van der Waals surface area contributed by atoms with Crippen LogP contribution in [0.5, 0.6) is 0 Å². The maximum absolute atomic E-state index is 4.48. The third-order valence-corrected chi connectivity index (χ3v) is 5.93. The topological polar surface area (TPSA) is 16.1 Å². The average Bonchev–Trinajstić information content (AvgIpc) is 3.43. The van der Waals surface area contributed by atoms with E-state index in [4.69, 9.17) is 0 Å². The van der Waals surface area contributed by atoms with Crippen molar-refractivity contribution >= 4 is 5.82 Å². The first kappa shape index (κ1) is 15.7. The van der Waals surface area contributed by atoms with Crippen molar-refractivity contribution in [1.82, 2.24) is 4.98 Å². The SMILES string of the molecule is c1ccc([C@@H]2C[C@H]2CCCC2CCN(c3ccccn3)CC2)cc1. The molecule has 2 heteroatoms. The van der Waals surface area contributed by atoms with Crippen LogP contribution in [-0.4, -0.2) is 18.1 Å². The largest absolute Gasteiger partial charge is 0.357 e. The van der Waals surface area contributed by atoms with Crippen molar-refractivity contribution in [1.29, 1.82) is 0 Å². The lowest BCUT2D eigenvalue weighted by Crippen LogP contribution is -2.34. The first-order valence-electron chi connectivity index (χ1n) is 9.61. The van der Waals surface area contributed by atoms with E-state index < -0.39 is 0 Å². The highest BCUT2D eigenvalue weighted by Gasteiger charge is 2.37. The fourth-order valence-electron chi connectivity index (χ4n) is 4.34. The molecule has 0 unspecified atom stereocenters. The zero-order valence-corrected chi connectivity index (χ0v) is 14.5. The number of rotatable bonds is 6. The highest BCUT2D eigenvalue weighted by Crippen LogP contribution is 2.50. The van der Waals surface area contributed by atoms with Crippen molar-refractivity contribution < 1.29 is 0 Å². The predicted molar refractivity (Wildman–Crippen MR) is 100 cm³/mol. The van der Waals surface area contributed by atoms with Crippen LogP contribution in [0.1, 0.15) is 50.0 Å². The molecule has 24 heavy (non-hydrogen) atoms. The summed E-state index contributed by atoms with van der Waals surface area (Å²) in [4.78, 5) is 6.93. The number of nitrogens with zero attached hydrogens (tertiary/aromatic N) is 2. The summed E-state index contributed by atoms with van der Waals surface area (Å²) in [7, 11) is 0. The minimum absolute atomic E-state index is 0.859. The molecule has 0 spiro atoms. The molecule has 126 valence electrons. The van der Waals surface area contributed by atoms with Crippen LogP contribution < -0.4 is 4.90 Å². The molecule has 4 rings (SSSR count). The molecular weight excluding hydrogens is 292 g/mol. The lowest BCUT2D eigenvalue weighted by molar-refractivity contribution is 0.364. The Hall–Kier alpha value is -1.83. The molecule has 1 saturated heterocycles. The monoisotopic (exact) mass is 320 g/mol. The minimum Gasteiger partial charge on any atom is -0.357 e. The van der Waals surface area contributed by atoms with E-state index in [-0.39, 0.29) is 0 Å². The van der Waals surface area contributed by atoms with Crippen LogP contribution in [0.25, 0.3) is 0 Å². The standard InChI is InChI=1S/C22H28N2/c1-2-8-19(9-3-1)21-17-20(21)10-6-7-18-12-15-24(16-13-18)22-11-4-5-14-23-22/h1-5,8-9,11,14,18,20-21H,6-7,10,12-13,15-17H2/t20-,21+/m1/s1. The van der Waals surface area contributed by atoms with Gasteiger partial charge in [-0.1, -0.05) is 49.2 Å². The molecule has 1 aliphatic heterocycles. The second-order valence-corrected chi connectivity index (χ2v) is 7.56. The van der Waals surface area contributed by atoms with E-state index in [0.717, 1.165) is 23.6 Å². The Morgan fingerprint density at radius 3 is 2.46 bits per heavy atom. The minimum atomic E-state index is 0.859. The van der Waals surface area contributed by atoms with Crippen LogP contribution in [0.3, 0.4) is 0 Å². The number of piperidine rings is 1. The summed E-state index contributed by atoms with van der Waals surface area (Å²) in [5.74, 6) is 3.90. The number of aromatic nitrogens is 1. The van der Waals surface area contributed by atoms with Gasteiger partial charge in [-0.05, 0) is 61.1 Å². The zero-order chi connectivity index (χ0) is 16.2. The Morgan fingerprint density at radius 1 is 0.917 bits per heavy atom. The Bertz CT molecular complexity index is 617. The summed E-state index contributed by atoms with van der Waals surface area (Å²) < 4.78 is 0. The highest BCUT2D eigenvalue weighted by atomic mass is 15.2. The number of benzene rings is 1. The molecule has 0 N–H and O–H groups in total. The smallest absolute Gasteiger partial charge is 0.128 e. The molecule has 1 aliphatic carbocycles. The van der Waals surface area contributed by atoms with Gasteiger partial charge in [-0.15, -0.1) is 0 Å². The van der Waals surface area contributed by atoms with Gasteiger partial charge < -0.3 is 4.90 Å². The summed E-state index contributed by atoms with van der Waals surface area (Å²) in [6, 6.07) is 17.3. The third kappa shape index (κ3) is 3.80. The van der Waals surface area contributed by atoms with E-state index in [1.54, 1.807) is 5.56 Å². The molecule has 2 fully saturated rings. The van der Waals surface area contributed by atoms with E-state index in [0.29, 0.717) is 0 Å². The average molecular weight is 320 g/mol. The zero-order valence-electron chi connectivity index (χ0n) is 14.5. The van der Waals surface area contributed by atoms with Crippen molar-refractivity contribution in [3.05, 3.63) is 60.3 Å². The van der Waals surface area contributed by atoms with Gasteiger partial charge in [-0.2, -0.15) is 0 Å². The van der Waals surface area contributed by atoms with Crippen molar-refractivity contribution in [2.24, 2.45) is 11.8 Å². The van der Waals surface area contributed by atoms with Gasteiger partial charge in [0, 0.05) is 19.3 Å². The Morgan fingerprint density at radius 2 is 1.71 bits per heavy atom. The van der Waals surface area contributed by atoms with E-state index in [1.807, 2.05) is 12.3 Å². The maximum Gasteiger partial charge on any atom is 0.128 e. The van der Waals surface area contributed by atoms with Crippen molar-refractivity contribution in [2.45, 2.75) is 44.4 Å². The quantitative estimate of drug-likeness (QED) is 0.720. The molecule has 2 heterocycles. The summed E-state index contributed by atoms with van der Waals surface area (Å²) >= 11 is 0. The van der Waals surface area contributed by atoms with E-state index in [2.05, 4.69) is 52.3 Å². The number of hydrogen-bond acceptors (Lipinski definition) is 2. The molecule has 2 atom stereocenters. The molecular formula is C22H28N2. The van der Waals surface area contributed by atoms with Gasteiger partial charge in [-0.3, -0.25) is 0 Å². The summed E-state index contributed by atoms with van der Waals surface area (Å²) in [5.41, 5.74) is 1.56. The van der Waals surface area contributed by atoms with Gasteiger partial charge in [0.1, 0.15) is 5.82 Å². The third-order valence-electron chi connectivity index (χ3n) is 5.93. The molecule has 1 aromatic heterocycles. The lowest BCUT2D eigenvalue weighted by Gasteiger charge is -2.32. The summed E-state index contributed by atoms with van der Waals surface area (Å²) in [6.45, 7) is 2.36. The first-order valence-corrected chi connectivity index (χ1v) is 9.61. The molecule has 0 amide bonds. The van der Waals surface area contributed by atoms with Crippen molar-refractivity contribution in [3.63, 3.8) is 0 Å². The first-order chi connectivity index (χ1) is 11.9. The molecule has 2 nitrogen and oxygen atoms in total. The number of anilines is 1.